The Hall–Kier alpha value is -2.26. The van der Waals surface area contributed by atoms with Crippen LogP contribution in [-0.2, 0) is 10.0 Å². The predicted molar refractivity (Wildman–Crippen MR) is 83.1 cm³/mol. The topological polar surface area (TPSA) is 72.2 Å². The van der Waals surface area contributed by atoms with Gasteiger partial charge in [0.1, 0.15) is 5.52 Å². The lowest BCUT2D eigenvalue weighted by Gasteiger charge is -2.10. The molecule has 0 amide bonds. The van der Waals surface area contributed by atoms with Crippen LogP contribution in [0.15, 0.2) is 46.9 Å². The number of fused-ring (bicyclic) bond motifs is 1. The molecule has 5 nitrogen and oxygen atoms in total. The maximum Gasteiger partial charge on any atom is 0.516 e. The molecule has 0 radical (unpaired) electrons. The van der Waals surface area contributed by atoms with Gasteiger partial charge in [0.15, 0.2) is 5.58 Å². The molecule has 1 aromatic heterocycles. The summed E-state index contributed by atoms with van der Waals surface area (Å²) in [6.07, 6.45) is 0. The Kier molecular flexibility index (Phi) is 3.92. The van der Waals surface area contributed by atoms with E-state index in [4.69, 9.17) is 16.0 Å². The normalized spacial score (nSPS) is 12.5. The number of nitrogens with zero attached hydrogens (tertiary/aromatic N) is 1. The lowest BCUT2D eigenvalue weighted by Crippen LogP contribution is -2.29. The average Bonchev–Trinajstić information content (AvgIpc) is 2.89. The number of alkyl halides is 3. The predicted octanol–water partition coefficient (Wildman–Crippen LogP) is 4.41. The van der Waals surface area contributed by atoms with Crippen LogP contribution in [0, 0.1) is 0 Å². The quantitative estimate of drug-likeness (QED) is 0.735. The third-order valence-corrected chi connectivity index (χ3v) is 4.39. The van der Waals surface area contributed by atoms with Crippen LogP contribution >= 0.6 is 11.6 Å². The number of hydrogen-bond acceptors (Lipinski definition) is 4. The molecule has 0 saturated carbocycles. The van der Waals surface area contributed by atoms with Crippen LogP contribution in [0.4, 0.5) is 18.9 Å². The highest BCUT2D eigenvalue weighted by molar-refractivity contribution is 7.93. The van der Waals surface area contributed by atoms with Gasteiger partial charge in [0, 0.05) is 22.3 Å². The number of oxazole rings is 1. The minimum absolute atomic E-state index is 0.227. The van der Waals surface area contributed by atoms with Gasteiger partial charge in [-0.1, -0.05) is 11.6 Å². The molecule has 0 bridgehead atoms. The molecule has 0 fully saturated rings. The Balaban J connectivity index is 1.88. The highest BCUT2D eigenvalue weighted by Gasteiger charge is 2.46. The van der Waals surface area contributed by atoms with Crippen LogP contribution in [0.3, 0.4) is 0 Å². The van der Waals surface area contributed by atoms with Gasteiger partial charge in [0.25, 0.3) is 0 Å². The summed E-state index contributed by atoms with van der Waals surface area (Å²) in [5.41, 5.74) is -4.12. The second kappa shape index (κ2) is 5.67. The molecule has 1 N–H and O–H groups in total. The summed E-state index contributed by atoms with van der Waals surface area (Å²) in [6.45, 7) is 0. The number of aromatic nitrogens is 1. The molecule has 2 aromatic carbocycles. The standard InChI is InChI=1S/C14H8ClF3N2O3S/c15-9-3-6-11-12(7-9)23-13(19-11)8-1-4-10(5-2-8)20-24(21,22)14(16,17)18/h1-7,20H. The van der Waals surface area contributed by atoms with Gasteiger partial charge in [-0.2, -0.15) is 21.6 Å². The molecule has 0 aliphatic carbocycles. The van der Waals surface area contributed by atoms with E-state index >= 15 is 0 Å². The molecule has 0 atom stereocenters. The maximum absolute atomic E-state index is 12.3. The van der Waals surface area contributed by atoms with Crippen molar-refractivity contribution in [2.45, 2.75) is 5.51 Å². The summed E-state index contributed by atoms with van der Waals surface area (Å²) in [5, 5.41) is 0.474. The van der Waals surface area contributed by atoms with Gasteiger partial charge in [0.05, 0.1) is 0 Å². The number of nitrogens with one attached hydrogen (secondary N) is 1. The maximum atomic E-state index is 12.3. The SMILES string of the molecule is O=S(=O)(Nc1ccc(-c2nc3ccc(Cl)cc3o2)cc1)C(F)(F)F. The second-order valence-electron chi connectivity index (χ2n) is 4.76. The van der Waals surface area contributed by atoms with Crippen molar-refractivity contribution >= 4 is 38.4 Å². The number of hydrogen-bond donors (Lipinski definition) is 1. The minimum atomic E-state index is -5.46. The lowest BCUT2D eigenvalue weighted by molar-refractivity contribution is -0.0429. The van der Waals surface area contributed by atoms with Crippen molar-refractivity contribution in [1.29, 1.82) is 0 Å². The van der Waals surface area contributed by atoms with E-state index in [2.05, 4.69) is 4.98 Å². The fraction of sp³-hybridized carbons (Fsp3) is 0.0714. The van der Waals surface area contributed by atoms with E-state index < -0.39 is 15.5 Å². The molecule has 24 heavy (non-hydrogen) atoms. The Labute approximate surface area is 139 Å². The zero-order valence-corrected chi connectivity index (χ0v) is 13.2. The Morgan fingerprint density at radius 2 is 1.75 bits per heavy atom. The van der Waals surface area contributed by atoms with Crippen LogP contribution in [-0.4, -0.2) is 18.9 Å². The van der Waals surface area contributed by atoms with Gasteiger partial charge in [-0.15, -0.1) is 0 Å². The van der Waals surface area contributed by atoms with E-state index in [1.54, 1.807) is 18.2 Å². The highest BCUT2D eigenvalue weighted by Crippen LogP contribution is 2.29. The molecular formula is C14H8ClF3N2O3S. The van der Waals surface area contributed by atoms with Crippen molar-refractivity contribution in [3.05, 3.63) is 47.5 Å². The van der Waals surface area contributed by atoms with Crippen LogP contribution in [0.5, 0.6) is 0 Å². The summed E-state index contributed by atoms with van der Waals surface area (Å²) >= 11 is 5.85. The summed E-state index contributed by atoms with van der Waals surface area (Å²) in [5.74, 6) is 0.234. The number of rotatable bonds is 3. The highest BCUT2D eigenvalue weighted by atomic mass is 35.5. The van der Waals surface area contributed by atoms with Crippen molar-refractivity contribution in [3.8, 4) is 11.5 Å². The molecule has 0 saturated heterocycles. The van der Waals surface area contributed by atoms with Gasteiger partial charge in [0.2, 0.25) is 5.89 Å². The van der Waals surface area contributed by atoms with E-state index in [1.165, 1.54) is 29.0 Å². The molecule has 1 heterocycles. The van der Waals surface area contributed by atoms with Crippen LogP contribution in [0.2, 0.25) is 5.02 Å². The molecule has 10 heteroatoms. The molecule has 0 aliphatic heterocycles. The van der Waals surface area contributed by atoms with Gasteiger partial charge < -0.3 is 4.42 Å². The van der Waals surface area contributed by atoms with Crippen LogP contribution < -0.4 is 4.72 Å². The molecule has 0 aliphatic rings. The van der Waals surface area contributed by atoms with E-state index in [0.717, 1.165) is 0 Å². The monoisotopic (exact) mass is 376 g/mol. The minimum Gasteiger partial charge on any atom is -0.436 e. The van der Waals surface area contributed by atoms with Crippen molar-refractivity contribution in [1.82, 2.24) is 4.98 Å². The number of sulfonamides is 1. The fourth-order valence-corrected chi connectivity index (χ4v) is 2.64. The number of benzene rings is 2. The average molecular weight is 377 g/mol. The fourth-order valence-electron chi connectivity index (χ4n) is 1.92. The van der Waals surface area contributed by atoms with Gasteiger partial charge >= 0.3 is 15.5 Å². The first-order valence-corrected chi connectivity index (χ1v) is 8.27. The first-order chi connectivity index (χ1) is 11.2. The summed E-state index contributed by atoms with van der Waals surface area (Å²) < 4.78 is 66.0. The van der Waals surface area contributed by atoms with Crippen molar-refractivity contribution in [2.75, 3.05) is 4.72 Å². The van der Waals surface area contributed by atoms with Gasteiger partial charge in [-0.05, 0) is 36.4 Å². The zero-order valence-electron chi connectivity index (χ0n) is 11.6. The van der Waals surface area contributed by atoms with Crippen LogP contribution in [0.1, 0.15) is 0 Å². The first-order valence-electron chi connectivity index (χ1n) is 6.41. The molecule has 3 rings (SSSR count). The van der Waals surface area contributed by atoms with Crippen molar-refractivity contribution in [3.63, 3.8) is 0 Å². The van der Waals surface area contributed by atoms with E-state index in [9.17, 15) is 21.6 Å². The Bertz CT molecular complexity index is 998. The largest absolute Gasteiger partial charge is 0.516 e. The number of halogens is 4. The van der Waals surface area contributed by atoms with Gasteiger partial charge in [-0.25, -0.2) is 4.98 Å². The Morgan fingerprint density at radius 3 is 2.38 bits per heavy atom. The summed E-state index contributed by atoms with van der Waals surface area (Å²) in [6, 6.07) is 10.0. The molecule has 0 spiro atoms. The third-order valence-electron chi connectivity index (χ3n) is 3.04. The Morgan fingerprint density at radius 1 is 1.08 bits per heavy atom. The van der Waals surface area contributed by atoms with Gasteiger partial charge in [-0.3, -0.25) is 4.72 Å². The molecule has 126 valence electrons. The summed E-state index contributed by atoms with van der Waals surface area (Å²) in [4.78, 5) is 4.22. The third kappa shape index (κ3) is 3.17. The smallest absolute Gasteiger partial charge is 0.436 e. The molecule has 0 unspecified atom stereocenters. The summed E-state index contributed by atoms with van der Waals surface area (Å²) in [7, 11) is -5.46. The molecular weight excluding hydrogens is 369 g/mol. The molecule has 3 aromatic rings. The first kappa shape index (κ1) is 16.6. The van der Waals surface area contributed by atoms with Crippen molar-refractivity contribution in [2.24, 2.45) is 0 Å². The van der Waals surface area contributed by atoms with Crippen molar-refractivity contribution < 1.29 is 26.0 Å². The van der Waals surface area contributed by atoms with E-state index in [-0.39, 0.29) is 11.6 Å². The van der Waals surface area contributed by atoms with E-state index in [1.807, 2.05) is 0 Å². The van der Waals surface area contributed by atoms with Crippen LogP contribution in [0.25, 0.3) is 22.6 Å². The zero-order chi connectivity index (χ0) is 17.5. The van der Waals surface area contributed by atoms with E-state index in [0.29, 0.717) is 21.7 Å². The lowest BCUT2D eigenvalue weighted by atomic mass is 10.2. The number of anilines is 1. The second-order valence-corrected chi connectivity index (χ2v) is 6.87.